The summed E-state index contributed by atoms with van der Waals surface area (Å²) in [6.45, 7) is 1.98. The standard InChI is InChI=1S/C21H21ClFN5O/c1-21(14-7-8-17(23)16(22)9-14)18(27-20(29)13-11-25-26-12-13)10-19(24)28(21)15-5-3-2-4-6-15/h2-9,11-12,18-19H,10,24H2,1H3,(H,25,26)(H,27,29). The van der Waals surface area contributed by atoms with Crippen LogP contribution >= 0.6 is 11.6 Å². The van der Waals surface area contributed by atoms with Crippen LogP contribution in [0.5, 0.6) is 0 Å². The molecule has 0 spiro atoms. The Labute approximate surface area is 172 Å². The molecule has 2 heterocycles. The van der Waals surface area contributed by atoms with Gasteiger partial charge in [-0.1, -0.05) is 35.9 Å². The van der Waals surface area contributed by atoms with Crippen LogP contribution in [0.15, 0.2) is 60.9 Å². The van der Waals surface area contributed by atoms with E-state index >= 15 is 0 Å². The summed E-state index contributed by atoms with van der Waals surface area (Å²) < 4.78 is 13.8. The average Bonchev–Trinajstić information content (AvgIpc) is 3.32. The first-order chi connectivity index (χ1) is 13.9. The van der Waals surface area contributed by atoms with E-state index in [-0.39, 0.29) is 23.1 Å². The number of nitrogens with one attached hydrogen (secondary N) is 2. The second-order valence-corrected chi connectivity index (χ2v) is 7.71. The van der Waals surface area contributed by atoms with E-state index in [0.717, 1.165) is 11.3 Å². The summed E-state index contributed by atoms with van der Waals surface area (Å²) in [4.78, 5) is 14.8. The number of halogens is 2. The molecule has 6 nitrogen and oxygen atoms in total. The normalized spacial score (nSPS) is 23.9. The van der Waals surface area contributed by atoms with E-state index in [1.54, 1.807) is 12.1 Å². The highest BCUT2D eigenvalue weighted by Gasteiger charge is 2.51. The van der Waals surface area contributed by atoms with Crippen molar-refractivity contribution in [2.45, 2.75) is 31.1 Å². The van der Waals surface area contributed by atoms with E-state index < -0.39 is 11.4 Å². The largest absolute Gasteiger partial charge is 0.346 e. The maximum absolute atomic E-state index is 13.8. The maximum atomic E-state index is 13.8. The molecule has 3 atom stereocenters. The molecule has 2 aromatic carbocycles. The van der Waals surface area contributed by atoms with Gasteiger partial charge in [0.15, 0.2) is 0 Å². The fraction of sp³-hybridized carbons (Fsp3) is 0.238. The first kappa shape index (κ1) is 19.4. The number of para-hydroxylation sites is 1. The molecule has 4 rings (SSSR count). The van der Waals surface area contributed by atoms with Crippen LogP contribution in [0.2, 0.25) is 5.02 Å². The predicted octanol–water partition coefficient (Wildman–Crippen LogP) is 3.41. The molecule has 3 aromatic rings. The van der Waals surface area contributed by atoms with Gasteiger partial charge in [-0.05, 0) is 36.8 Å². The molecule has 0 bridgehead atoms. The Hall–Kier alpha value is -2.90. The van der Waals surface area contributed by atoms with Crippen LogP contribution in [0.3, 0.4) is 0 Å². The van der Waals surface area contributed by atoms with Crippen LogP contribution < -0.4 is 16.0 Å². The smallest absolute Gasteiger partial charge is 0.254 e. The number of hydrogen-bond acceptors (Lipinski definition) is 4. The zero-order chi connectivity index (χ0) is 20.6. The summed E-state index contributed by atoms with van der Waals surface area (Å²) >= 11 is 6.09. The van der Waals surface area contributed by atoms with Crippen molar-refractivity contribution in [3.8, 4) is 0 Å². The summed E-state index contributed by atoms with van der Waals surface area (Å²) in [5.74, 6) is -0.753. The molecule has 4 N–H and O–H groups in total. The number of benzene rings is 2. The Morgan fingerprint density at radius 2 is 2.10 bits per heavy atom. The number of H-pyrrole nitrogens is 1. The van der Waals surface area contributed by atoms with Gasteiger partial charge in [-0.2, -0.15) is 5.10 Å². The highest BCUT2D eigenvalue weighted by molar-refractivity contribution is 6.30. The Morgan fingerprint density at radius 3 is 2.76 bits per heavy atom. The van der Waals surface area contributed by atoms with Crippen molar-refractivity contribution >= 4 is 23.2 Å². The van der Waals surface area contributed by atoms with E-state index in [4.69, 9.17) is 17.3 Å². The second-order valence-electron chi connectivity index (χ2n) is 7.30. The monoisotopic (exact) mass is 413 g/mol. The number of amides is 1. The fourth-order valence-corrected chi connectivity index (χ4v) is 4.28. The quantitative estimate of drug-likeness (QED) is 0.611. The maximum Gasteiger partial charge on any atom is 0.254 e. The highest BCUT2D eigenvalue weighted by atomic mass is 35.5. The Balaban J connectivity index is 1.79. The average molecular weight is 414 g/mol. The lowest BCUT2D eigenvalue weighted by atomic mass is 9.84. The first-order valence-electron chi connectivity index (χ1n) is 9.26. The van der Waals surface area contributed by atoms with Crippen LogP contribution in [0.1, 0.15) is 29.3 Å². The summed E-state index contributed by atoms with van der Waals surface area (Å²) in [6, 6.07) is 14.0. The van der Waals surface area contributed by atoms with Gasteiger partial charge in [0, 0.05) is 18.3 Å². The summed E-state index contributed by atoms with van der Waals surface area (Å²) in [5, 5.41) is 9.57. The minimum Gasteiger partial charge on any atom is -0.346 e. The molecule has 3 unspecified atom stereocenters. The molecule has 29 heavy (non-hydrogen) atoms. The molecule has 0 saturated carbocycles. The van der Waals surface area contributed by atoms with Crippen molar-refractivity contribution in [3.05, 3.63) is 82.9 Å². The third kappa shape index (κ3) is 3.36. The lowest BCUT2D eigenvalue weighted by molar-refractivity contribution is 0.0923. The summed E-state index contributed by atoms with van der Waals surface area (Å²) in [5.41, 5.74) is 7.87. The van der Waals surface area contributed by atoms with Gasteiger partial charge in [0.2, 0.25) is 0 Å². The number of carbonyl (C=O) groups is 1. The van der Waals surface area contributed by atoms with Gasteiger partial charge in [-0.3, -0.25) is 9.89 Å². The van der Waals surface area contributed by atoms with Crippen LogP contribution in [0, 0.1) is 5.82 Å². The SMILES string of the molecule is CC1(c2ccc(F)c(Cl)c2)C(NC(=O)c2cn[nH]c2)CC(N)N1c1ccccc1. The molecule has 1 saturated heterocycles. The molecule has 1 aliphatic rings. The number of anilines is 1. The number of rotatable bonds is 4. The molecule has 1 fully saturated rings. The Morgan fingerprint density at radius 1 is 1.34 bits per heavy atom. The lowest BCUT2D eigenvalue weighted by Crippen LogP contribution is -2.54. The topological polar surface area (TPSA) is 87.0 Å². The summed E-state index contributed by atoms with van der Waals surface area (Å²) in [6.07, 6.45) is 3.14. The zero-order valence-electron chi connectivity index (χ0n) is 15.8. The van der Waals surface area contributed by atoms with Gasteiger partial charge in [0.05, 0.1) is 34.5 Å². The minimum atomic E-state index is -0.752. The van der Waals surface area contributed by atoms with Gasteiger partial charge in [0.1, 0.15) is 5.82 Å². The minimum absolute atomic E-state index is 0.0251. The van der Waals surface area contributed by atoms with Crippen molar-refractivity contribution in [3.63, 3.8) is 0 Å². The fourth-order valence-electron chi connectivity index (χ4n) is 4.10. The van der Waals surface area contributed by atoms with E-state index in [2.05, 4.69) is 20.4 Å². The van der Waals surface area contributed by atoms with Gasteiger partial charge in [-0.15, -0.1) is 0 Å². The number of hydrogen-bond donors (Lipinski definition) is 3. The molecule has 8 heteroatoms. The van der Waals surface area contributed by atoms with E-state index in [0.29, 0.717) is 12.0 Å². The molecule has 0 aliphatic carbocycles. The molecular formula is C21H21ClFN5O. The van der Waals surface area contributed by atoms with Gasteiger partial charge in [0.25, 0.3) is 5.91 Å². The number of nitrogens with zero attached hydrogens (tertiary/aromatic N) is 2. The van der Waals surface area contributed by atoms with Crippen molar-refractivity contribution in [1.29, 1.82) is 0 Å². The lowest BCUT2D eigenvalue weighted by Gasteiger charge is -2.42. The number of aromatic amines is 1. The number of aromatic nitrogens is 2. The second kappa shape index (κ2) is 7.50. The van der Waals surface area contributed by atoms with Gasteiger partial charge < -0.3 is 16.0 Å². The van der Waals surface area contributed by atoms with Gasteiger partial charge in [-0.25, -0.2) is 4.39 Å². The van der Waals surface area contributed by atoms with Crippen LogP contribution in [-0.2, 0) is 5.54 Å². The highest BCUT2D eigenvalue weighted by Crippen LogP contribution is 2.44. The first-order valence-corrected chi connectivity index (χ1v) is 9.64. The van der Waals surface area contributed by atoms with Crippen LogP contribution in [0.4, 0.5) is 10.1 Å². The third-order valence-corrected chi connectivity index (χ3v) is 5.88. The van der Waals surface area contributed by atoms with Crippen LogP contribution in [-0.4, -0.2) is 28.3 Å². The Kier molecular flexibility index (Phi) is 5.02. The molecule has 1 amide bonds. The van der Waals surface area contributed by atoms with Crippen molar-refractivity contribution < 1.29 is 9.18 Å². The van der Waals surface area contributed by atoms with Crippen molar-refractivity contribution in [2.24, 2.45) is 5.73 Å². The molecule has 1 aliphatic heterocycles. The van der Waals surface area contributed by atoms with Crippen molar-refractivity contribution in [2.75, 3.05) is 4.90 Å². The van der Waals surface area contributed by atoms with Gasteiger partial charge >= 0.3 is 0 Å². The molecule has 1 aromatic heterocycles. The summed E-state index contributed by atoms with van der Waals surface area (Å²) in [7, 11) is 0. The van der Waals surface area contributed by atoms with E-state index in [1.165, 1.54) is 18.5 Å². The van der Waals surface area contributed by atoms with E-state index in [9.17, 15) is 9.18 Å². The van der Waals surface area contributed by atoms with Crippen LogP contribution in [0.25, 0.3) is 0 Å². The predicted molar refractivity (Wildman–Crippen MR) is 110 cm³/mol. The number of carbonyl (C=O) groups excluding carboxylic acids is 1. The zero-order valence-corrected chi connectivity index (χ0v) is 16.5. The Bertz CT molecular complexity index is 1010. The van der Waals surface area contributed by atoms with Crippen molar-refractivity contribution in [1.82, 2.24) is 15.5 Å². The molecule has 150 valence electrons. The molecular weight excluding hydrogens is 393 g/mol. The number of nitrogens with two attached hydrogens (primary N) is 1. The third-order valence-electron chi connectivity index (χ3n) is 5.59. The molecule has 0 radical (unpaired) electrons. The van der Waals surface area contributed by atoms with E-state index in [1.807, 2.05) is 37.3 Å².